The largest absolute Gasteiger partial charge is 0.462 e. The van der Waals surface area contributed by atoms with Crippen LogP contribution in [0.1, 0.15) is 190 Å². The van der Waals surface area contributed by atoms with Gasteiger partial charge >= 0.3 is 5.97 Å². The highest BCUT2D eigenvalue weighted by atomic mass is 16.7. The van der Waals surface area contributed by atoms with E-state index in [1.165, 1.54) is 109 Å². The molecule has 0 unspecified atom stereocenters. The molecule has 0 aromatic rings. The summed E-state index contributed by atoms with van der Waals surface area (Å²) in [5, 5.41) is 12.1. The second-order valence-electron chi connectivity index (χ2n) is 14.6. The van der Waals surface area contributed by atoms with Crippen molar-refractivity contribution in [3.63, 3.8) is 0 Å². The Morgan fingerprint density at radius 1 is 0.700 bits per heavy atom. The van der Waals surface area contributed by atoms with Gasteiger partial charge in [0.15, 0.2) is 0 Å². The van der Waals surface area contributed by atoms with Gasteiger partial charge in [-0.2, -0.15) is 5.06 Å². The van der Waals surface area contributed by atoms with Crippen molar-refractivity contribution in [3.8, 4) is 0 Å². The number of unbranched alkanes of at least 4 members (excludes halogenated alkanes) is 18. The minimum absolute atomic E-state index is 0.0607. The molecular formula is C35H69NO4. The minimum Gasteiger partial charge on any atom is -0.462 e. The van der Waals surface area contributed by atoms with Crippen molar-refractivity contribution in [2.45, 2.75) is 213 Å². The molecule has 0 aromatic heterocycles. The van der Waals surface area contributed by atoms with Gasteiger partial charge in [-0.25, -0.2) is 0 Å². The molecular weight excluding hydrogens is 498 g/mol. The van der Waals surface area contributed by atoms with E-state index in [0.29, 0.717) is 6.42 Å². The summed E-state index contributed by atoms with van der Waals surface area (Å²) >= 11 is 0. The molecule has 0 aliphatic carbocycles. The van der Waals surface area contributed by atoms with Gasteiger partial charge in [0.1, 0.15) is 6.10 Å². The van der Waals surface area contributed by atoms with Gasteiger partial charge in [0, 0.05) is 30.3 Å². The molecule has 40 heavy (non-hydrogen) atoms. The molecule has 0 saturated carbocycles. The molecule has 1 saturated heterocycles. The molecule has 238 valence electrons. The summed E-state index contributed by atoms with van der Waals surface area (Å²) in [6.07, 6.45) is 27.6. The molecule has 1 heterocycles. The molecule has 0 radical (unpaired) electrons. The summed E-state index contributed by atoms with van der Waals surface area (Å²) in [4.78, 5) is 18.6. The zero-order valence-electron chi connectivity index (χ0n) is 28.0. The lowest BCUT2D eigenvalue weighted by molar-refractivity contribution is -0.306. The highest BCUT2D eigenvalue weighted by Gasteiger charge is 2.48. The van der Waals surface area contributed by atoms with Crippen molar-refractivity contribution < 1.29 is 19.5 Å². The van der Waals surface area contributed by atoms with Gasteiger partial charge in [0.2, 0.25) is 0 Å². The second-order valence-corrected chi connectivity index (χ2v) is 14.6. The van der Waals surface area contributed by atoms with Crippen LogP contribution in [-0.4, -0.2) is 45.5 Å². The number of nitrogens with zero attached hydrogens (tertiary/aromatic N) is 1. The van der Waals surface area contributed by atoms with Crippen molar-refractivity contribution >= 4 is 5.97 Å². The first-order chi connectivity index (χ1) is 18.9. The summed E-state index contributed by atoms with van der Waals surface area (Å²) in [5.74, 6) is -0.0607. The van der Waals surface area contributed by atoms with Crippen LogP contribution in [0.25, 0.3) is 0 Å². The predicted molar refractivity (Wildman–Crippen MR) is 169 cm³/mol. The Balaban J connectivity index is 2.01. The van der Waals surface area contributed by atoms with Crippen LogP contribution in [0.15, 0.2) is 0 Å². The number of carbonyl (C=O) groups is 1. The lowest BCUT2D eigenvalue weighted by Crippen LogP contribution is -2.62. The molecule has 1 N–H and O–H groups in total. The predicted octanol–water partition coefficient (Wildman–Crippen LogP) is 10.1. The number of hydroxylamine groups is 2. The van der Waals surface area contributed by atoms with Crippen molar-refractivity contribution in [1.29, 1.82) is 0 Å². The van der Waals surface area contributed by atoms with Gasteiger partial charge < -0.3 is 9.84 Å². The average molecular weight is 568 g/mol. The number of aliphatic hydroxyl groups is 1. The molecule has 0 spiro atoms. The number of rotatable bonds is 24. The van der Waals surface area contributed by atoms with Crippen LogP contribution < -0.4 is 0 Å². The van der Waals surface area contributed by atoms with E-state index < -0.39 is 5.60 Å². The lowest BCUT2D eigenvalue weighted by atomic mass is 9.80. The zero-order chi connectivity index (χ0) is 29.9. The van der Waals surface area contributed by atoms with Gasteiger partial charge in [-0.1, -0.05) is 122 Å². The number of ether oxygens (including phenoxy) is 1. The third-order valence-corrected chi connectivity index (χ3v) is 8.38. The number of hydrogen-bond acceptors (Lipinski definition) is 5. The van der Waals surface area contributed by atoms with Gasteiger partial charge in [-0.05, 0) is 48.0 Å². The first-order valence-electron chi connectivity index (χ1n) is 17.2. The van der Waals surface area contributed by atoms with Crippen LogP contribution in [0, 0.1) is 0 Å². The molecule has 5 nitrogen and oxygen atoms in total. The van der Waals surface area contributed by atoms with Gasteiger partial charge in [0.05, 0.1) is 12.2 Å². The van der Waals surface area contributed by atoms with E-state index in [4.69, 9.17) is 9.57 Å². The maximum atomic E-state index is 12.6. The molecule has 1 fully saturated rings. The highest BCUT2D eigenvalue weighted by molar-refractivity contribution is 5.69. The summed E-state index contributed by atoms with van der Waals surface area (Å²) < 4.78 is 5.92. The highest BCUT2D eigenvalue weighted by Crippen LogP contribution is 2.40. The van der Waals surface area contributed by atoms with Crippen LogP contribution in [-0.2, 0) is 14.4 Å². The quantitative estimate of drug-likeness (QED) is 0.0928. The van der Waals surface area contributed by atoms with Crippen LogP contribution in [0.2, 0.25) is 0 Å². The minimum atomic E-state index is -0.887. The Kier molecular flexibility index (Phi) is 19.0. The smallest absolute Gasteiger partial charge is 0.306 e. The Morgan fingerprint density at radius 2 is 1.05 bits per heavy atom. The Hall–Kier alpha value is -0.650. The molecule has 5 heteroatoms. The van der Waals surface area contributed by atoms with Gasteiger partial charge in [-0.15, -0.1) is 0 Å². The molecule has 0 atom stereocenters. The summed E-state index contributed by atoms with van der Waals surface area (Å²) in [6.45, 7) is 14.5. The number of hydrogen-bond donors (Lipinski definition) is 1. The Bertz CT molecular complexity index is 622. The van der Waals surface area contributed by atoms with Crippen molar-refractivity contribution in [3.05, 3.63) is 0 Å². The third-order valence-electron chi connectivity index (χ3n) is 8.38. The molecule has 0 aromatic carbocycles. The molecule has 0 bridgehead atoms. The maximum absolute atomic E-state index is 12.6. The molecule has 1 aliphatic heterocycles. The normalized spacial score (nSPS) is 17.8. The molecule has 1 aliphatic rings. The van der Waals surface area contributed by atoms with Gasteiger partial charge in [0.25, 0.3) is 0 Å². The van der Waals surface area contributed by atoms with Crippen molar-refractivity contribution in [1.82, 2.24) is 5.06 Å². The van der Waals surface area contributed by atoms with E-state index in [1.807, 2.05) is 5.06 Å². The Labute approximate surface area is 249 Å². The fourth-order valence-corrected chi connectivity index (χ4v) is 6.42. The fourth-order valence-electron chi connectivity index (χ4n) is 6.42. The number of piperidine rings is 1. The first-order valence-corrected chi connectivity index (χ1v) is 17.2. The third kappa shape index (κ3) is 18.0. The van der Waals surface area contributed by atoms with E-state index in [-0.39, 0.29) is 29.8 Å². The van der Waals surface area contributed by atoms with Crippen molar-refractivity contribution in [2.24, 2.45) is 0 Å². The molecule has 0 amide bonds. The summed E-state index contributed by atoms with van der Waals surface area (Å²) in [5.41, 5.74) is -1.46. The van der Waals surface area contributed by atoms with E-state index in [1.54, 1.807) is 13.8 Å². The zero-order valence-corrected chi connectivity index (χ0v) is 28.0. The second kappa shape index (κ2) is 20.3. The van der Waals surface area contributed by atoms with E-state index in [0.717, 1.165) is 25.7 Å². The van der Waals surface area contributed by atoms with Crippen LogP contribution >= 0.6 is 0 Å². The standard InChI is InChI=1S/C35H69NO4/c1-8-9-10-11-12-13-14-15-16-17-18-19-20-21-22-23-24-25-26-27-32(37)40-31-28-33(2,3)36(34(4,5)29-31)39-30-35(6,7)38/h31,38H,8-30H2,1-7H3. The van der Waals surface area contributed by atoms with Crippen molar-refractivity contribution in [2.75, 3.05) is 6.61 Å². The van der Waals surface area contributed by atoms with E-state index in [2.05, 4.69) is 34.6 Å². The lowest BCUT2D eigenvalue weighted by Gasteiger charge is -2.53. The van der Waals surface area contributed by atoms with E-state index >= 15 is 0 Å². The van der Waals surface area contributed by atoms with Crippen LogP contribution in [0.5, 0.6) is 0 Å². The number of carbonyl (C=O) groups excluding carboxylic acids is 1. The Morgan fingerprint density at radius 3 is 1.40 bits per heavy atom. The fraction of sp³-hybridized carbons (Fsp3) is 0.971. The van der Waals surface area contributed by atoms with E-state index in [9.17, 15) is 9.90 Å². The molecule has 1 rings (SSSR count). The summed E-state index contributed by atoms with van der Waals surface area (Å²) in [6, 6.07) is 0. The van der Waals surface area contributed by atoms with Crippen LogP contribution in [0.3, 0.4) is 0 Å². The SMILES string of the molecule is CCCCCCCCCCCCCCCCCCCCCC(=O)OC1CC(C)(C)N(OCC(C)(C)O)C(C)(C)C1. The summed E-state index contributed by atoms with van der Waals surface area (Å²) in [7, 11) is 0. The maximum Gasteiger partial charge on any atom is 0.306 e. The van der Waals surface area contributed by atoms with Crippen LogP contribution in [0.4, 0.5) is 0 Å². The average Bonchev–Trinajstić information content (AvgIpc) is 2.83. The first kappa shape index (κ1) is 37.4. The monoisotopic (exact) mass is 568 g/mol. The number of esters is 1. The van der Waals surface area contributed by atoms with Gasteiger partial charge in [-0.3, -0.25) is 9.63 Å². The topological polar surface area (TPSA) is 59.0 Å².